The molecule has 4 heteroatoms. The number of ether oxygens (including phenoxy) is 1. The Labute approximate surface area is 113 Å². The van der Waals surface area contributed by atoms with Crippen molar-refractivity contribution in [3.63, 3.8) is 0 Å². The Kier molecular flexibility index (Phi) is 4.92. The molecule has 1 aromatic carbocycles. The molecule has 94 valence electrons. The molecular formula is C13H18ClNOS. The summed E-state index contributed by atoms with van der Waals surface area (Å²) < 4.78 is 5.80. The van der Waals surface area contributed by atoms with E-state index in [0.29, 0.717) is 16.6 Å². The van der Waals surface area contributed by atoms with Gasteiger partial charge in [-0.05, 0) is 31.9 Å². The van der Waals surface area contributed by atoms with Crippen molar-refractivity contribution in [3.05, 3.63) is 34.3 Å². The Bertz CT molecular complexity index is 418. The van der Waals surface area contributed by atoms with E-state index in [1.165, 1.54) is 0 Å². The first-order valence-electron chi connectivity index (χ1n) is 5.58. The maximum absolute atomic E-state index is 6.15. The summed E-state index contributed by atoms with van der Waals surface area (Å²) in [5, 5.41) is 0.641. The second kappa shape index (κ2) is 5.80. The van der Waals surface area contributed by atoms with Crippen molar-refractivity contribution in [1.29, 1.82) is 0 Å². The van der Waals surface area contributed by atoms with Crippen LogP contribution in [0.5, 0.6) is 0 Å². The molecule has 0 bridgehead atoms. The van der Waals surface area contributed by atoms with Gasteiger partial charge >= 0.3 is 0 Å². The zero-order chi connectivity index (χ0) is 13.1. The van der Waals surface area contributed by atoms with Gasteiger partial charge in [-0.15, -0.1) is 0 Å². The topological polar surface area (TPSA) is 35.2 Å². The highest BCUT2D eigenvalue weighted by molar-refractivity contribution is 7.80. The van der Waals surface area contributed by atoms with E-state index in [4.69, 9.17) is 34.3 Å². The number of hydrogen-bond donors (Lipinski definition) is 1. The minimum Gasteiger partial charge on any atom is -0.389 e. The van der Waals surface area contributed by atoms with Gasteiger partial charge in [-0.3, -0.25) is 0 Å². The third-order valence-electron chi connectivity index (χ3n) is 2.81. The predicted molar refractivity (Wildman–Crippen MR) is 76.5 cm³/mol. The summed E-state index contributed by atoms with van der Waals surface area (Å²) >= 11 is 11.0. The largest absolute Gasteiger partial charge is 0.389 e. The second-order valence-electron chi connectivity index (χ2n) is 4.57. The molecule has 0 unspecified atom stereocenters. The molecule has 0 aromatic heterocycles. The van der Waals surface area contributed by atoms with Crippen molar-refractivity contribution >= 4 is 28.8 Å². The zero-order valence-corrected chi connectivity index (χ0v) is 12.0. The monoisotopic (exact) mass is 271 g/mol. The summed E-state index contributed by atoms with van der Waals surface area (Å²) in [5.74, 6) is 0. The van der Waals surface area contributed by atoms with E-state index in [1.807, 2.05) is 12.1 Å². The van der Waals surface area contributed by atoms with E-state index in [0.717, 1.165) is 17.5 Å². The van der Waals surface area contributed by atoms with Crippen molar-refractivity contribution in [2.45, 2.75) is 39.4 Å². The van der Waals surface area contributed by atoms with E-state index < -0.39 is 0 Å². The highest BCUT2D eigenvalue weighted by Crippen LogP contribution is 2.22. The highest BCUT2D eigenvalue weighted by Gasteiger charge is 2.16. The van der Waals surface area contributed by atoms with Crippen LogP contribution in [0.1, 0.15) is 38.3 Å². The minimum absolute atomic E-state index is 0.134. The Balaban J connectivity index is 2.77. The van der Waals surface area contributed by atoms with Gasteiger partial charge in [-0.25, -0.2) is 0 Å². The first-order valence-corrected chi connectivity index (χ1v) is 6.36. The number of rotatable bonds is 5. The van der Waals surface area contributed by atoms with E-state index in [2.05, 4.69) is 20.8 Å². The summed E-state index contributed by atoms with van der Waals surface area (Å²) in [6, 6.07) is 5.55. The summed E-state index contributed by atoms with van der Waals surface area (Å²) in [6.45, 7) is 6.71. The lowest BCUT2D eigenvalue weighted by Crippen LogP contribution is -2.22. The fourth-order valence-corrected chi connectivity index (χ4v) is 1.55. The average molecular weight is 272 g/mol. The van der Waals surface area contributed by atoms with Crippen LogP contribution in [0, 0.1) is 0 Å². The number of benzene rings is 1. The molecule has 0 aliphatic rings. The van der Waals surface area contributed by atoms with Gasteiger partial charge in [0.25, 0.3) is 0 Å². The Morgan fingerprint density at radius 1 is 1.47 bits per heavy atom. The molecule has 0 saturated heterocycles. The molecule has 17 heavy (non-hydrogen) atoms. The normalized spacial score (nSPS) is 11.5. The van der Waals surface area contributed by atoms with Gasteiger partial charge in [-0.2, -0.15) is 0 Å². The minimum atomic E-state index is -0.134. The lowest BCUT2D eigenvalue weighted by Gasteiger charge is -2.23. The van der Waals surface area contributed by atoms with E-state index in [1.54, 1.807) is 6.07 Å². The molecule has 0 amide bonds. The van der Waals surface area contributed by atoms with Gasteiger partial charge in [0.05, 0.1) is 12.2 Å². The number of hydrogen-bond acceptors (Lipinski definition) is 2. The lowest BCUT2D eigenvalue weighted by atomic mass is 10.1. The van der Waals surface area contributed by atoms with Crippen molar-refractivity contribution in [2.75, 3.05) is 0 Å². The lowest BCUT2D eigenvalue weighted by molar-refractivity contribution is -0.0315. The Morgan fingerprint density at radius 3 is 2.59 bits per heavy atom. The van der Waals surface area contributed by atoms with Crippen molar-refractivity contribution in [3.8, 4) is 0 Å². The first-order chi connectivity index (χ1) is 7.85. The van der Waals surface area contributed by atoms with Crippen LogP contribution in [-0.4, -0.2) is 10.6 Å². The van der Waals surface area contributed by atoms with Gasteiger partial charge in [0.15, 0.2) is 0 Å². The standard InChI is InChI=1S/C13H18ClNOS/c1-4-13(2,3)16-8-10-6-5-9(12(15)17)7-11(10)14/h5-7H,4,8H2,1-3H3,(H2,15,17). The first kappa shape index (κ1) is 14.4. The van der Waals surface area contributed by atoms with Gasteiger partial charge in [0, 0.05) is 10.6 Å². The van der Waals surface area contributed by atoms with Crippen LogP contribution in [0.4, 0.5) is 0 Å². The van der Waals surface area contributed by atoms with Gasteiger partial charge in [0.1, 0.15) is 4.99 Å². The quantitative estimate of drug-likeness (QED) is 0.830. The Hall–Kier alpha value is -0.640. The second-order valence-corrected chi connectivity index (χ2v) is 5.42. The van der Waals surface area contributed by atoms with Crippen LogP contribution in [0.25, 0.3) is 0 Å². The molecule has 0 aliphatic heterocycles. The van der Waals surface area contributed by atoms with Crippen LogP contribution in [0.3, 0.4) is 0 Å². The van der Waals surface area contributed by atoms with Crippen molar-refractivity contribution in [2.24, 2.45) is 5.73 Å². The fourth-order valence-electron chi connectivity index (χ4n) is 1.19. The maximum atomic E-state index is 6.15. The summed E-state index contributed by atoms with van der Waals surface area (Å²) in [6.07, 6.45) is 0.954. The zero-order valence-electron chi connectivity index (χ0n) is 10.4. The van der Waals surface area contributed by atoms with Crippen LogP contribution in [-0.2, 0) is 11.3 Å². The molecule has 2 N–H and O–H groups in total. The fraction of sp³-hybridized carbons (Fsp3) is 0.462. The molecule has 0 atom stereocenters. The van der Waals surface area contributed by atoms with E-state index in [-0.39, 0.29) is 5.60 Å². The van der Waals surface area contributed by atoms with Crippen LogP contribution in [0.15, 0.2) is 18.2 Å². The number of halogens is 1. The molecule has 0 heterocycles. The van der Waals surface area contributed by atoms with E-state index in [9.17, 15) is 0 Å². The number of thiocarbonyl (C=S) groups is 1. The summed E-state index contributed by atoms with van der Waals surface area (Å²) in [4.78, 5) is 0.355. The van der Waals surface area contributed by atoms with Gasteiger partial charge in [-0.1, -0.05) is 42.9 Å². The molecule has 0 saturated carbocycles. The SMILES string of the molecule is CCC(C)(C)OCc1ccc(C(N)=S)cc1Cl. The van der Waals surface area contributed by atoms with Crippen LogP contribution >= 0.6 is 23.8 Å². The van der Waals surface area contributed by atoms with Crippen molar-refractivity contribution < 1.29 is 4.74 Å². The molecule has 0 spiro atoms. The number of nitrogens with two attached hydrogens (primary N) is 1. The van der Waals surface area contributed by atoms with E-state index >= 15 is 0 Å². The van der Waals surface area contributed by atoms with Gasteiger partial charge in [0.2, 0.25) is 0 Å². The summed E-state index contributed by atoms with van der Waals surface area (Å²) in [7, 11) is 0. The van der Waals surface area contributed by atoms with Crippen LogP contribution < -0.4 is 5.73 Å². The highest BCUT2D eigenvalue weighted by atomic mass is 35.5. The van der Waals surface area contributed by atoms with Crippen molar-refractivity contribution in [1.82, 2.24) is 0 Å². The molecule has 0 fully saturated rings. The predicted octanol–water partition coefficient (Wildman–Crippen LogP) is 3.68. The average Bonchev–Trinajstić information content (AvgIpc) is 2.27. The molecule has 0 aliphatic carbocycles. The third kappa shape index (κ3) is 4.26. The molecular weight excluding hydrogens is 254 g/mol. The molecule has 0 radical (unpaired) electrons. The van der Waals surface area contributed by atoms with Gasteiger partial charge < -0.3 is 10.5 Å². The smallest absolute Gasteiger partial charge is 0.104 e. The molecule has 1 aromatic rings. The maximum Gasteiger partial charge on any atom is 0.104 e. The summed E-state index contributed by atoms with van der Waals surface area (Å²) in [5.41, 5.74) is 7.14. The molecule has 2 nitrogen and oxygen atoms in total. The van der Waals surface area contributed by atoms with Crippen LogP contribution in [0.2, 0.25) is 5.02 Å². The third-order valence-corrected chi connectivity index (χ3v) is 3.39. The Morgan fingerprint density at radius 2 is 2.12 bits per heavy atom. The molecule has 1 rings (SSSR count).